The van der Waals surface area contributed by atoms with Crippen LogP contribution in [0.4, 0.5) is 0 Å². The summed E-state index contributed by atoms with van der Waals surface area (Å²) in [7, 11) is 0. The van der Waals surface area contributed by atoms with E-state index in [4.69, 9.17) is 5.10 Å². The molecule has 6 heteroatoms. The molecule has 8 rings (SSSR count). The quantitative estimate of drug-likeness (QED) is 0.102. The van der Waals surface area contributed by atoms with Gasteiger partial charge in [-0.25, -0.2) is 0 Å². The van der Waals surface area contributed by atoms with E-state index in [2.05, 4.69) is 182 Å². The van der Waals surface area contributed by atoms with E-state index in [1.54, 1.807) is 23.1 Å². The lowest BCUT2D eigenvalue weighted by Crippen LogP contribution is -2.02. The van der Waals surface area contributed by atoms with E-state index in [1.807, 2.05) is 23.1 Å². The van der Waals surface area contributed by atoms with Gasteiger partial charge in [0.2, 0.25) is 21.1 Å². The fraction of sp³-hybridized carbons (Fsp3) is 0.104. The summed E-state index contributed by atoms with van der Waals surface area (Å²) in [5, 5.41) is 10.4. The first-order valence-electron chi connectivity index (χ1n) is 18.3. The predicted molar refractivity (Wildman–Crippen MR) is 238 cm³/mol. The van der Waals surface area contributed by atoms with E-state index in [1.165, 1.54) is 69.7 Å². The lowest BCUT2D eigenvalue weighted by Gasteiger charge is -2.20. The van der Waals surface area contributed by atoms with Gasteiger partial charge in [0.15, 0.2) is 4.34 Å². The van der Waals surface area contributed by atoms with Crippen molar-refractivity contribution in [1.29, 1.82) is 0 Å². The zero-order chi connectivity index (χ0) is 36.5. The summed E-state index contributed by atoms with van der Waals surface area (Å²) in [5.41, 5.74) is 11.2. The SMILES string of the molecule is CCSc1nnc(C2=C(/C=C/c3cc(-c4ccccc4)[s+]c(-c4ccccc4)c3)CCC/C2=C\C=C2C=C(c3ccccc3)SC(c3ccccc3)=C2)s1. The molecule has 54 heavy (non-hydrogen) atoms. The van der Waals surface area contributed by atoms with Crippen LogP contribution in [0.1, 0.15) is 47.9 Å². The second-order valence-electron chi connectivity index (χ2n) is 13.0. The van der Waals surface area contributed by atoms with Crippen LogP contribution >= 0.6 is 46.2 Å². The molecular weight excluding hydrogens is 733 g/mol. The summed E-state index contributed by atoms with van der Waals surface area (Å²) in [6.07, 6.45) is 17.0. The fourth-order valence-electron chi connectivity index (χ4n) is 6.63. The summed E-state index contributed by atoms with van der Waals surface area (Å²) in [5.74, 6) is 0.974. The molecule has 2 nitrogen and oxygen atoms in total. The summed E-state index contributed by atoms with van der Waals surface area (Å²) in [4.78, 5) is 5.01. The highest BCUT2D eigenvalue weighted by molar-refractivity contribution is 8.16. The van der Waals surface area contributed by atoms with E-state index in [-0.39, 0.29) is 0 Å². The number of nitrogens with zero attached hydrogens (tertiary/aromatic N) is 2. The molecule has 0 atom stereocenters. The van der Waals surface area contributed by atoms with Crippen LogP contribution in [0.15, 0.2) is 185 Å². The molecule has 0 N–H and O–H groups in total. The zero-order valence-corrected chi connectivity index (χ0v) is 33.3. The predicted octanol–water partition coefficient (Wildman–Crippen LogP) is 14.7. The molecule has 3 heterocycles. The highest BCUT2D eigenvalue weighted by Crippen LogP contribution is 2.45. The summed E-state index contributed by atoms with van der Waals surface area (Å²) in [6.45, 7) is 2.17. The molecule has 0 saturated carbocycles. The lowest BCUT2D eigenvalue weighted by molar-refractivity contribution is 0.804. The normalized spacial score (nSPS) is 15.4. The molecule has 1 aliphatic carbocycles. The van der Waals surface area contributed by atoms with Crippen LogP contribution in [0.25, 0.3) is 42.3 Å². The molecule has 0 unspecified atom stereocenters. The zero-order valence-electron chi connectivity index (χ0n) is 30.0. The van der Waals surface area contributed by atoms with Gasteiger partial charge < -0.3 is 0 Å². The third-order valence-corrected chi connectivity index (χ3v) is 13.5. The number of rotatable bonds is 10. The average Bonchev–Trinajstić information content (AvgIpc) is 3.71. The van der Waals surface area contributed by atoms with Gasteiger partial charge in [-0.05, 0) is 94.8 Å². The van der Waals surface area contributed by atoms with Gasteiger partial charge in [-0.3, -0.25) is 0 Å². The first-order valence-corrected chi connectivity index (χ1v) is 21.7. The molecule has 0 saturated heterocycles. The first kappa shape index (κ1) is 36.1. The van der Waals surface area contributed by atoms with Gasteiger partial charge in [0.25, 0.3) is 0 Å². The van der Waals surface area contributed by atoms with Gasteiger partial charge in [-0.15, -0.1) is 10.2 Å². The second-order valence-corrected chi connectivity index (χ2v) is 17.6. The monoisotopic (exact) mass is 771 g/mol. The van der Waals surface area contributed by atoms with E-state index in [0.717, 1.165) is 34.4 Å². The third kappa shape index (κ3) is 8.75. The van der Waals surface area contributed by atoms with Crippen molar-refractivity contribution < 1.29 is 0 Å². The van der Waals surface area contributed by atoms with Crippen molar-refractivity contribution in [2.75, 3.05) is 5.75 Å². The summed E-state index contributed by atoms with van der Waals surface area (Å²) in [6, 6.07) is 47.5. The van der Waals surface area contributed by atoms with Crippen molar-refractivity contribution >= 4 is 67.7 Å². The molecule has 0 fully saturated rings. The number of hydrogen-bond acceptors (Lipinski definition) is 5. The average molecular weight is 772 g/mol. The lowest BCUT2D eigenvalue weighted by atomic mass is 9.86. The van der Waals surface area contributed by atoms with Gasteiger partial charge in [-0.1, -0.05) is 163 Å². The fourth-order valence-corrected chi connectivity index (χ4v) is 10.8. The smallest absolute Gasteiger partial charge is 0.137 e. The van der Waals surface area contributed by atoms with E-state index in [9.17, 15) is 0 Å². The van der Waals surface area contributed by atoms with E-state index in [0.29, 0.717) is 0 Å². The van der Waals surface area contributed by atoms with Gasteiger partial charge in [0, 0.05) is 38.6 Å². The maximum atomic E-state index is 4.79. The number of benzene rings is 4. The van der Waals surface area contributed by atoms with Crippen LogP contribution in [0.5, 0.6) is 0 Å². The first-order chi connectivity index (χ1) is 26.7. The molecular formula is C48H39N2S4+. The summed E-state index contributed by atoms with van der Waals surface area (Å²) < 4.78 is 1.02. The van der Waals surface area contributed by atoms with Crippen LogP contribution < -0.4 is 0 Å². The Labute approximate surface area is 335 Å². The number of aromatic nitrogens is 2. The van der Waals surface area contributed by atoms with Crippen molar-refractivity contribution in [3.8, 4) is 20.9 Å². The highest BCUT2D eigenvalue weighted by atomic mass is 32.2. The molecule has 4 aromatic carbocycles. The Kier molecular flexibility index (Phi) is 11.7. The maximum absolute atomic E-state index is 4.79. The minimum absolute atomic E-state index is 0.974. The second kappa shape index (κ2) is 17.5. The molecule has 6 aromatic rings. The Balaban J connectivity index is 1.22. The van der Waals surface area contributed by atoms with Gasteiger partial charge in [0.05, 0.1) is 0 Å². The Hall–Kier alpha value is -4.85. The molecule has 0 amide bonds. The number of allylic oxidation sites excluding steroid dienone is 9. The van der Waals surface area contributed by atoms with Crippen LogP contribution in [-0.4, -0.2) is 16.0 Å². The van der Waals surface area contributed by atoms with Gasteiger partial charge in [0.1, 0.15) is 5.01 Å². The molecule has 0 spiro atoms. The van der Waals surface area contributed by atoms with Crippen molar-refractivity contribution in [1.82, 2.24) is 10.2 Å². The largest absolute Gasteiger partial charge is 0.239 e. The molecule has 0 radical (unpaired) electrons. The van der Waals surface area contributed by atoms with Crippen molar-refractivity contribution in [2.45, 2.75) is 30.5 Å². The van der Waals surface area contributed by atoms with Gasteiger partial charge >= 0.3 is 0 Å². The highest BCUT2D eigenvalue weighted by Gasteiger charge is 2.23. The van der Waals surface area contributed by atoms with Crippen molar-refractivity contribution in [3.05, 3.63) is 202 Å². The maximum Gasteiger partial charge on any atom is 0.239 e. The standard InChI is InChI=1S/C48H39N2S4/c1-2-51-48-50-49-47(54-48)46-40(28-26-34-30-42(36-16-7-3-8-17-36)52-43(31-34)37-18-9-4-10-19-37)24-15-25-41(46)29-27-35-32-44(38-20-11-5-12-21-38)53-45(33-35)39-22-13-6-14-23-39/h3-14,16-23,26-33H,2,15,24-25H2,1H3/q+1. The van der Waals surface area contributed by atoms with Crippen LogP contribution in [0.2, 0.25) is 0 Å². The van der Waals surface area contributed by atoms with E-state index < -0.39 is 0 Å². The van der Waals surface area contributed by atoms with E-state index >= 15 is 0 Å². The Morgan fingerprint density at radius 3 is 1.76 bits per heavy atom. The molecule has 0 bridgehead atoms. The molecule has 264 valence electrons. The third-order valence-electron chi connectivity index (χ3n) is 9.24. The van der Waals surface area contributed by atoms with Crippen LogP contribution in [0.3, 0.4) is 0 Å². The van der Waals surface area contributed by atoms with Crippen molar-refractivity contribution in [3.63, 3.8) is 0 Å². The number of hydrogen-bond donors (Lipinski definition) is 0. The minimum Gasteiger partial charge on any atom is -0.137 e. The minimum atomic E-state index is 0.974. The Morgan fingerprint density at radius 1 is 0.648 bits per heavy atom. The topological polar surface area (TPSA) is 25.8 Å². The Bertz CT molecular complexity index is 2310. The van der Waals surface area contributed by atoms with Crippen LogP contribution in [0, 0.1) is 0 Å². The van der Waals surface area contributed by atoms with Crippen LogP contribution in [-0.2, 0) is 0 Å². The van der Waals surface area contributed by atoms with Crippen molar-refractivity contribution in [2.24, 2.45) is 0 Å². The summed E-state index contributed by atoms with van der Waals surface area (Å²) >= 11 is 7.14. The molecule has 2 aromatic heterocycles. The number of thioether (sulfide) groups is 2. The molecule has 2 aliphatic rings. The Morgan fingerprint density at radius 2 is 1.20 bits per heavy atom. The van der Waals surface area contributed by atoms with Gasteiger partial charge in [-0.2, -0.15) is 0 Å². The molecule has 1 aliphatic heterocycles.